The van der Waals surface area contributed by atoms with Crippen LogP contribution >= 0.6 is 0 Å². The van der Waals surface area contributed by atoms with Gasteiger partial charge in [0.15, 0.2) is 0 Å². The zero-order valence-electron chi connectivity index (χ0n) is 14.1. The molecular formula is C14H27NaO7S. The zero-order valence-corrected chi connectivity index (χ0v) is 16.9. The van der Waals surface area contributed by atoms with E-state index in [4.69, 9.17) is 10.2 Å². The van der Waals surface area contributed by atoms with Crippen LogP contribution in [0.4, 0.5) is 0 Å². The van der Waals surface area contributed by atoms with E-state index in [1.165, 1.54) is 38.5 Å². The van der Waals surface area contributed by atoms with Crippen LogP contribution in [0.2, 0.25) is 0 Å². The molecule has 0 atom stereocenters. The molecule has 0 amide bonds. The maximum atomic E-state index is 9.98. The Labute approximate surface area is 162 Å². The second-order valence-corrected chi connectivity index (χ2v) is 5.43. The molecule has 0 bridgehead atoms. The molecule has 23 heavy (non-hydrogen) atoms. The smallest absolute Gasteiger partial charge is 0.481 e. The minimum absolute atomic E-state index is 0. The summed E-state index contributed by atoms with van der Waals surface area (Å²) in [5.74, 6) is -2.15. The summed E-state index contributed by atoms with van der Waals surface area (Å²) in [6.07, 6.45) is 9.04. The van der Waals surface area contributed by atoms with E-state index in [9.17, 15) is 18.0 Å². The number of carbonyl (C=O) groups is 2. The van der Waals surface area contributed by atoms with Crippen molar-refractivity contribution in [1.82, 2.24) is 0 Å². The summed E-state index contributed by atoms with van der Waals surface area (Å²) in [5, 5.41) is 15.8. The van der Waals surface area contributed by atoms with Crippen molar-refractivity contribution in [2.24, 2.45) is 0 Å². The van der Waals surface area contributed by atoms with E-state index in [-0.39, 0.29) is 42.4 Å². The monoisotopic (exact) mass is 362 g/mol. The molecule has 0 heterocycles. The van der Waals surface area contributed by atoms with Gasteiger partial charge in [-0.05, 0) is 6.42 Å². The molecule has 0 aromatic heterocycles. The predicted octanol–water partition coefficient (Wildman–Crippen LogP) is 0.308. The Morgan fingerprint density at radius 1 is 0.826 bits per heavy atom. The van der Waals surface area contributed by atoms with E-state index in [1.54, 1.807) is 0 Å². The van der Waals surface area contributed by atoms with Crippen LogP contribution in [-0.4, -0.2) is 28.8 Å². The first-order valence-corrected chi connectivity index (χ1v) is 8.56. The summed E-state index contributed by atoms with van der Waals surface area (Å²) >= 11 is 0. The number of aliphatic carboxylic acids is 2. The molecule has 0 aromatic carbocycles. The summed E-state index contributed by atoms with van der Waals surface area (Å²) in [6, 6.07) is 0. The molecule has 0 aromatic rings. The van der Waals surface area contributed by atoms with E-state index < -0.39 is 22.9 Å². The van der Waals surface area contributed by atoms with Gasteiger partial charge < -0.3 is 22.8 Å². The van der Waals surface area contributed by atoms with Gasteiger partial charge in [0.05, 0.1) is 23.8 Å². The third kappa shape index (κ3) is 34.3. The SMILES string of the molecule is CCCCCCCCCCO[S-](=O)=O.O=C(O)CCC(=O)O.[Na+]. The van der Waals surface area contributed by atoms with Crippen LogP contribution in [0.15, 0.2) is 0 Å². The Morgan fingerprint density at radius 3 is 1.57 bits per heavy atom. The Bertz CT molecular complexity index is 337. The maximum Gasteiger partial charge on any atom is 1.00 e. The average Bonchev–Trinajstić information content (AvgIpc) is 2.44. The molecule has 7 nitrogen and oxygen atoms in total. The molecule has 0 radical (unpaired) electrons. The van der Waals surface area contributed by atoms with Crippen molar-refractivity contribution < 1.29 is 62.0 Å². The largest absolute Gasteiger partial charge is 1.00 e. The molecule has 0 unspecified atom stereocenters. The molecule has 132 valence electrons. The third-order valence-corrected chi connectivity index (χ3v) is 3.09. The number of carboxylic acids is 2. The molecule has 0 saturated carbocycles. The summed E-state index contributed by atoms with van der Waals surface area (Å²) in [7, 11) is -2.33. The second-order valence-electron chi connectivity index (χ2n) is 4.79. The van der Waals surface area contributed by atoms with E-state index in [0.717, 1.165) is 12.8 Å². The van der Waals surface area contributed by atoms with Crippen molar-refractivity contribution in [1.29, 1.82) is 0 Å². The molecule has 0 aliphatic heterocycles. The Balaban J connectivity index is -0.000000382. The molecule has 0 fully saturated rings. The summed E-state index contributed by atoms with van der Waals surface area (Å²) in [5.41, 5.74) is 0. The van der Waals surface area contributed by atoms with Gasteiger partial charge in [0, 0.05) is 6.61 Å². The van der Waals surface area contributed by atoms with Gasteiger partial charge >= 0.3 is 41.5 Å². The molecule has 2 N–H and O–H groups in total. The molecule has 0 aliphatic rings. The van der Waals surface area contributed by atoms with Crippen LogP contribution in [0.25, 0.3) is 0 Å². The number of hydrogen-bond donors (Lipinski definition) is 2. The topological polar surface area (TPSA) is 118 Å². The molecular weight excluding hydrogens is 335 g/mol. The van der Waals surface area contributed by atoms with Gasteiger partial charge in [-0.3, -0.25) is 9.59 Å². The Hall–Kier alpha value is -0.150. The van der Waals surface area contributed by atoms with E-state index in [0.29, 0.717) is 6.61 Å². The molecule has 9 heteroatoms. The van der Waals surface area contributed by atoms with Gasteiger partial charge in [0.25, 0.3) is 0 Å². The standard InChI is InChI=1S/C10H21O3S.C4H6O4.Na/c1-2-3-4-5-6-7-8-9-10-13-14(11)12;5-3(6)1-2-4(7)8;/h2-10H2,1H3;1-2H2,(H,5,6)(H,7,8);/q-1;;+1. The summed E-state index contributed by atoms with van der Waals surface area (Å²) in [6.45, 7) is 2.55. The quantitative estimate of drug-likeness (QED) is 0.275. The molecule has 0 spiro atoms. The minimum Gasteiger partial charge on any atom is -0.481 e. The fourth-order valence-electron chi connectivity index (χ4n) is 1.58. The Morgan fingerprint density at radius 2 is 1.22 bits per heavy atom. The Kier molecular flexibility index (Phi) is 26.3. The number of hydrogen-bond acceptors (Lipinski definition) is 6. The fraction of sp³-hybridized carbons (Fsp3) is 0.857. The van der Waals surface area contributed by atoms with Gasteiger partial charge in [0.2, 0.25) is 0 Å². The first-order valence-electron chi connectivity index (χ1n) is 7.56. The van der Waals surface area contributed by atoms with Crippen LogP contribution in [0.1, 0.15) is 71.1 Å². The van der Waals surface area contributed by atoms with Crippen LogP contribution < -0.4 is 29.6 Å². The van der Waals surface area contributed by atoms with Gasteiger partial charge in [-0.1, -0.05) is 51.9 Å². The van der Waals surface area contributed by atoms with Crippen molar-refractivity contribution >= 4 is 22.9 Å². The number of rotatable bonds is 13. The normalized spacial score (nSPS) is 9.65. The van der Waals surface area contributed by atoms with Crippen molar-refractivity contribution in [2.75, 3.05) is 6.61 Å². The van der Waals surface area contributed by atoms with Crippen molar-refractivity contribution in [3.63, 3.8) is 0 Å². The minimum atomic E-state index is -2.33. The second kappa shape index (κ2) is 21.9. The van der Waals surface area contributed by atoms with Crippen LogP contribution in [0.3, 0.4) is 0 Å². The first-order chi connectivity index (χ1) is 10.4. The van der Waals surface area contributed by atoms with Gasteiger partial charge in [0.1, 0.15) is 0 Å². The molecule has 0 saturated heterocycles. The molecule has 0 rings (SSSR count). The van der Waals surface area contributed by atoms with Gasteiger partial charge in [-0.15, -0.1) is 0 Å². The average molecular weight is 362 g/mol. The fourth-order valence-corrected chi connectivity index (χ4v) is 1.83. The van der Waals surface area contributed by atoms with Gasteiger partial charge in [-0.25, -0.2) is 0 Å². The number of unbranched alkanes of at least 4 members (excludes halogenated alkanes) is 7. The van der Waals surface area contributed by atoms with Crippen molar-refractivity contribution in [3.05, 3.63) is 0 Å². The van der Waals surface area contributed by atoms with Crippen LogP contribution in [-0.2, 0) is 33.2 Å². The summed E-state index contributed by atoms with van der Waals surface area (Å²) < 4.78 is 24.4. The number of carboxylic acid groups (broad SMARTS) is 2. The van der Waals surface area contributed by atoms with Crippen molar-refractivity contribution in [3.8, 4) is 0 Å². The van der Waals surface area contributed by atoms with Crippen LogP contribution in [0.5, 0.6) is 0 Å². The van der Waals surface area contributed by atoms with E-state index in [2.05, 4.69) is 11.1 Å². The predicted molar refractivity (Wildman–Crippen MR) is 81.8 cm³/mol. The third-order valence-electron chi connectivity index (χ3n) is 2.73. The van der Waals surface area contributed by atoms with Gasteiger partial charge in [-0.2, -0.15) is 0 Å². The van der Waals surface area contributed by atoms with Crippen molar-refractivity contribution in [2.45, 2.75) is 71.1 Å². The van der Waals surface area contributed by atoms with E-state index in [1.807, 2.05) is 0 Å². The van der Waals surface area contributed by atoms with E-state index >= 15 is 0 Å². The zero-order chi connectivity index (χ0) is 17.2. The maximum absolute atomic E-state index is 9.98. The summed E-state index contributed by atoms with van der Waals surface area (Å²) in [4.78, 5) is 19.3. The molecule has 0 aliphatic carbocycles. The van der Waals surface area contributed by atoms with Crippen LogP contribution in [0, 0.1) is 0 Å². The first kappa shape index (κ1) is 27.7.